The molecule has 0 heterocycles. The van der Waals surface area contributed by atoms with E-state index in [1.165, 1.54) is 0 Å². The monoisotopic (exact) mass is 200 g/mol. The van der Waals surface area contributed by atoms with Gasteiger partial charge in [-0.15, -0.1) is 0 Å². The van der Waals surface area contributed by atoms with Crippen LogP contribution in [0.3, 0.4) is 0 Å². The minimum Gasteiger partial charge on any atom is -0.450 e. The molecule has 0 saturated carbocycles. The van der Waals surface area contributed by atoms with Crippen LogP contribution in [0.25, 0.3) is 0 Å². The van der Waals surface area contributed by atoms with Crippen molar-refractivity contribution in [2.75, 3.05) is 6.61 Å². The topological polar surface area (TPSA) is 46.5 Å². The number of unbranched alkanes of at least 4 members (excludes halogenated alkanes) is 1. The summed E-state index contributed by atoms with van der Waals surface area (Å²) < 4.78 is 4.51. The van der Waals surface area contributed by atoms with Gasteiger partial charge in [-0.2, -0.15) is 0 Å². The quantitative estimate of drug-likeness (QED) is 0.527. The molecule has 13 heavy (non-hydrogen) atoms. The fourth-order valence-corrected chi connectivity index (χ4v) is 1.09. The molecule has 0 aromatic carbocycles. The summed E-state index contributed by atoms with van der Waals surface area (Å²) in [6.07, 6.45) is 3.21. The van der Waals surface area contributed by atoms with Gasteiger partial charge in [-0.3, -0.25) is 0 Å². The van der Waals surface area contributed by atoms with Crippen LogP contribution < -0.4 is 0 Å². The van der Waals surface area contributed by atoms with Crippen molar-refractivity contribution in [2.45, 2.75) is 39.5 Å². The predicted octanol–water partition coefficient (Wildman–Crippen LogP) is 1.98. The number of carbonyl (C=O) groups is 1. The van der Waals surface area contributed by atoms with Crippen LogP contribution in [0.1, 0.15) is 39.5 Å². The highest BCUT2D eigenvalue weighted by Crippen LogP contribution is 2.12. The molecule has 0 aromatic rings. The van der Waals surface area contributed by atoms with Gasteiger partial charge in [0.05, 0.1) is 6.61 Å². The summed E-state index contributed by atoms with van der Waals surface area (Å²) in [5, 5.41) is 8.26. The third-order valence-electron chi connectivity index (χ3n) is 1.99. The van der Waals surface area contributed by atoms with Crippen molar-refractivity contribution >= 4 is 29.2 Å². The summed E-state index contributed by atoms with van der Waals surface area (Å²) in [6.45, 7) is 4.54. The van der Waals surface area contributed by atoms with Crippen molar-refractivity contribution in [3.05, 3.63) is 0 Å². The van der Waals surface area contributed by atoms with Crippen LogP contribution in [0.2, 0.25) is 0 Å². The predicted molar refractivity (Wildman–Crippen MR) is 55.8 cm³/mol. The van der Waals surface area contributed by atoms with E-state index in [-0.39, 0.29) is 23.1 Å². The van der Waals surface area contributed by atoms with Gasteiger partial charge < -0.3 is 9.84 Å². The Hall–Kier alpha value is 0.0362. The molecule has 0 bridgehead atoms. The molecule has 0 fully saturated rings. The van der Waals surface area contributed by atoms with Gasteiger partial charge in [0.1, 0.15) is 0 Å². The molecule has 76 valence electrons. The first kappa shape index (κ1) is 15.5. The molecule has 0 aliphatic heterocycles. The molecule has 0 aromatic heterocycles. The zero-order valence-corrected chi connectivity index (χ0v) is 7.88. The third kappa shape index (κ3) is 9.95. The number of hydrogen-bond acceptors (Lipinski definition) is 2. The Labute approximate surface area is 96.0 Å². The Balaban J connectivity index is 0. The van der Waals surface area contributed by atoms with Gasteiger partial charge in [0.2, 0.25) is 0 Å². The first-order valence-electron chi connectivity index (χ1n) is 4.56. The summed E-state index contributed by atoms with van der Waals surface area (Å²) >= 11 is 0. The second-order valence-electron chi connectivity index (χ2n) is 2.99. The van der Waals surface area contributed by atoms with Crippen molar-refractivity contribution in [1.82, 2.24) is 0 Å². The van der Waals surface area contributed by atoms with Gasteiger partial charge in [0, 0.05) is 0 Å². The van der Waals surface area contributed by atoms with E-state index < -0.39 is 6.16 Å². The lowest BCUT2D eigenvalue weighted by molar-refractivity contribution is 0.0744. The third-order valence-corrected chi connectivity index (χ3v) is 1.99. The Kier molecular flexibility index (Phi) is 12.1. The fraction of sp³-hybridized carbons (Fsp3) is 0.889. The molecular weight excluding hydrogens is 180 g/mol. The van der Waals surface area contributed by atoms with Crippen LogP contribution in [0.15, 0.2) is 0 Å². The molecule has 0 spiro atoms. The lowest BCUT2D eigenvalue weighted by atomic mass is 10.0. The molecule has 0 saturated heterocycles. The fourth-order valence-electron chi connectivity index (χ4n) is 1.09. The highest BCUT2D eigenvalue weighted by molar-refractivity contribution is 5.75. The van der Waals surface area contributed by atoms with E-state index in [9.17, 15) is 4.79 Å². The van der Waals surface area contributed by atoms with E-state index in [0.29, 0.717) is 12.5 Å². The molecule has 4 heteroatoms. The minimum absolute atomic E-state index is 0. The Morgan fingerprint density at radius 3 is 2.46 bits per heavy atom. The molecule has 1 unspecified atom stereocenters. The van der Waals surface area contributed by atoms with Crippen LogP contribution >= 0.6 is 0 Å². The van der Waals surface area contributed by atoms with Crippen molar-refractivity contribution in [3.8, 4) is 0 Å². The van der Waals surface area contributed by atoms with Gasteiger partial charge in [-0.1, -0.05) is 33.1 Å². The summed E-state index contributed by atoms with van der Waals surface area (Å²) in [6, 6.07) is 0. The Morgan fingerprint density at radius 1 is 1.46 bits per heavy atom. The normalized spacial score (nSPS) is 11.5. The molecule has 0 aliphatic rings. The zero-order chi connectivity index (χ0) is 9.40. The molecule has 0 aliphatic carbocycles. The van der Waals surface area contributed by atoms with Crippen molar-refractivity contribution in [2.24, 2.45) is 5.92 Å². The molecule has 3 nitrogen and oxygen atoms in total. The van der Waals surface area contributed by atoms with Crippen molar-refractivity contribution in [3.63, 3.8) is 0 Å². The summed E-state index contributed by atoms with van der Waals surface area (Å²) in [5.41, 5.74) is 0. The Bertz CT molecular complexity index is 128. The van der Waals surface area contributed by atoms with Crippen molar-refractivity contribution < 1.29 is 14.6 Å². The van der Waals surface area contributed by atoms with Crippen LogP contribution in [0.5, 0.6) is 0 Å². The number of ether oxygens (including phenoxy) is 1. The van der Waals surface area contributed by atoms with E-state index in [1.54, 1.807) is 0 Å². The average Bonchev–Trinajstić information content (AvgIpc) is 2.05. The van der Waals surface area contributed by atoms with Gasteiger partial charge in [0.15, 0.2) is 0 Å². The summed E-state index contributed by atoms with van der Waals surface area (Å²) in [7, 11) is 0. The SMILES string of the molecule is CCCCC(CC)COC(=O)O.[MgH2]. The largest absolute Gasteiger partial charge is 0.505 e. The van der Waals surface area contributed by atoms with Gasteiger partial charge >= 0.3 is 29.2 Å². The van der Waals surface area contributed by atoms with E-state index in [1.807, 2.05) is 0 Å². The molecule has 1 N–H and O–H groups in total. The second kappa shape index (κ2) is 10.1. The standard InChI is InChI=1S/C9H18O3.Mg.2H/c1-3-5-6-8(4-2)7-12-9(10)11;;;/h8H,3-7H2,1-2H3,(H,10,11);;;. The first-order chi connectivity index (χ1) is 5.70. The van der Waals surface area contributed by atoms with E-state index in [0.717, 1.165) is 25.7 Å². The van der Waals surface area contributed by atoms with E-state index in [4.69, 9.17) is 5.11 Å². The second-order valence-corrected chi connectivity index (χ2v) is 2.99. The smallest absolute Gasteiger partial charge is 0.450 e. The zero-order valence-electron chi connectivity index (χ0n) is 7.88. The van der Waals surface area contributed by atoms with Gasteiger partial charge in [-0.05, 0) is 12.3 Å². The maximum absolute atomic E-state index is 10.1. The molecule has 1 atom stereocenters. The molecule has 0 radical (unpaired) electrons. The van der Waals surface area contributed by atoms with Crippen LogP contribution in [0, 0.1) is 5.92 Å². The van der Waals surface area contributed by atoms with E-state index >= 15 is 0 Å². The summed E-state index contributed by atoms with van der Waals surface area (Å²) in [4.78, 5) is 10.1. The Morgan fingerprint density at radius 2 is 2.08 bits per heavy atom. The van der Waals surface area contributed by atoms with Gasteiger partial charge in [0.25, 0.3) is 0 Å². The summed E-state index contributed by atoms with van der Waals surface area (Å²) in [5.74, 6) is 0.404. The molecule has 0 rings (SSSR count). The lowest BCUT2D eigenvalue weighted by Crippen LogP contribution is -2.11. The van der Waals surface area contributed by atoms with Gasteiger partial charge in [-0.25, -0.2) is 4.79 Å². The van der Waals surface area contributed by atoms with E-state index in [2.05, 4.69) is 18.6 Å². The van der Waals surface area contributed by atoms with Crippen molar-refractivity contribution in [1.29, 1.82) is 0 Å². The highest BCUT2D eigenvalue weighted by Gasteiger charge is 2.07. The lowest BCUT2D eigenvalue weighted by Gasteiger charge is -2.12. The highest BCUT2D eigenvalue weighted by atomic mass is 24.3. The maximum atomic E-state index is 10.1. The average molecular weight is 201 g/mol. The minimum atomic E-state index is -1.16. The van der Waals surface area contributed by atoms with Crippen LogP contribution in [-0.2, 0) is 4.74 Å². The molecule has 0 amide bonds. The number of rotatable bonds is 6. The van der Waals surface area contributed by atoms with Crippen LogP contribution in [0.4, 0.5) is 4.79 Å². The van der Waals surface area contributed by atoms with Crippen LogP contribution in [-0.4, -0.2) is 40.9 Å². The number of carboxylic acid groups (broad SMARTS) is 1. The molecular formula is C9H20MgO3. The number of hydrogen-bond donors (Lipinski definition) is 1. The first-order valence-corrected chi connectivity index (χ1v) is 4.56. The maximum Gasteiger partial charge on any atom is 0.505 e.